The first-order valence-electron chi connectivity index (χ1n) is 8.40. The molecule has 0 spiro atoms. The van der Waals surface area contributed by atoms with E-state index in [2.05, 4.69) is 10.6 Å². The molecule has 5 heteroatoms. The first-order valence-corrected chi connectivity index (χ1v) is 8.40. The minimum atomic E-state index is -0.647. The van der Waals surface area contributed by atoms with Crippen molar-refractivity contribution in [3.8, 4) is 0 Å². The summed E-state index contributed by atoms with van der Waals surface area (Å²) in [5.41, 5.74) is 1.76. The lowest BCUT2D eigenvalue weighted by atomic mass is 9.96. The van der Waals surface area contributed by atoms with Gasteiger partial charge in [0.25, 0.3) is 0 Å². The summed E-state index contributed by atoms with van der Waals surface area (Å²) in [6.45, 7) is 2.21. The van der Waals surface area contributed by atoms with Gasteiger partial charge in [-0.3, -0.25) is 9.59 Å². The smallest absolute Gasteiger partial charge is 0.309 e. The van der Waals surface area contributed by atoms with E-state index in [1.807, 2.05) is 37.3 Å². The van der Waals surface area contributed by atoms with Crippen LogP contribution in [0.25, 0.3) is 0 Å². The molecule has 2 aromatic rings. The summed E-state index contributed by atoms with van der Waals surface area (Å²) < 4.78 is 13.1. The summed E-state index contributed by atoms with van der Waals surface area (Å²) in [6.07, 6.45) is 1.84. The maximum absolute atomic E-state index is 13.1. The molecule has 0 saturated heterocycles. The summed E-state index contributed by atoms with van der Waals surface area (Å²) in [5.74, 6) is -1.57. The molecular weight excluding hydrogens is 319 g/mol. The Morgan fingerprint density at radius 3 is 2.28 bits per heavy atom. The van der Waals surface area contributed by atoms with Crippen molar-refractivity contribution in [1.82, 2.24) is 10.6 Å². The van der Waals surface area contributed by atoms with Crippen LogP contribution in [0.5, 0.6) is 0 Å². The third-order valence-corrected chi connectivity index (χ3v) is 4.75. The van der Waals surface area contributed by atoms with Crippen molar-refractivity contribution < 1.29 is 14.0 Å². The SMILES string of the molecule is CC(NC(=O)C(=O)NCC1(c2ccc(F)cc2)CC1)c1ccccc1. The van der Waals surface area contributed by atoms with Crippen LogP contribution in [-0.2, 0) is 15.0 Å². The second-order valence-electron chi connectivity index (χ2n) is 6.58. The molecule has 2 N–H and O–H groups in total. The number of hydrogen-bond donors (Lipinski definition) is 2. The van der Waals surface area contributed by atoms with Gasteiger partial charge < -0.3 is 10.6 Å². The molecule has 0 aromatic heterocycles. The number of carbonyl (C=O) groups excluding carboxylic acids is 2. The van der Waals surface area contributed by atoms with E-state index in [0.717, 1.165) is 24.0 Å². The van der Waals surface area contributed by atoms with Gasteiger partial charge in [0.15, 0.2) is 0 Å². The zero-order valence-electron chi connectivity index (χ0n) is 14.1. The number of nitrogens with one attached hydrogen (secondary N) is 2. The van der Waals surface area contributed by atoms with Gasteiger partial charge in [0.2, 0.25) is 0 Å². The molecule has 0 aliphatic heterocycles. The fourth-order valence-corrected chi connectivity index (χ4v) is 2.94. The molecule has 1 aliphatic rings. The molecule has 1 saturated carbocycles. The van der Waals surface area contributed by atoms with E-state index in [0.29, 0.717) is 6.54 Å². The van der Waals surface area contributed by atoms with Crippen LogP contribution in [-0.4, -0.2) is 18.4 Å². The van der Waals surface area contributed by atoms with Crippen LogP contribution < -0.4 is 10.6 Å². The van der Waals surface area contributed by atoms with Gasteiger partial charge in [-0.05, 0) is 43.0 Å². The largest absolute Gasteiger partial charge is 0.347 e. The lowest BCUT2D eigenvalue weighted by Crippen LogP contribution is -2.43. The monoisotopic (exact) mass is 340 g/mol. The first kappa shape index (κ1) is 17.1. The van der Waals surface area contributed by atoms with Crippen LogP contribution in [0.15, 0.2) is 54.6 Å². The number of hydrogen-bond acceptors (Lipinski definition) is 2. The Labute approximate surface area is 146 Å². The van der Waals surface area contributed by atoms with Crippen molar-refractivity contribution in [2.24, 2.45) is 0 Å². The average molecular weight is 340 g/mol. The number of benzene rings is 2. The third-order valence-electron chi connectivity index (χ3n) is 4.75. The van der Waals surface area contributed by atoms with Gasteiger partial charge in [0.1, 0.15) is 5.82 Å². The summed E-state index contributed by atoms with van der Waals surface area (Å²) >= 11 is 0. The highest BCUT2D eigenvalue weighted by atomic mass is 19.1. The Hall–Kier alpha value is -2.69. The molecule has 1 aliphatic carbocycles. The highest BCUT2D eigenvalue weighted by Crippen LogP contribution is 2.47. The molecule has 25 heavy (non-hydrogen) atoms. The predicted molar refractivity (Wildman–Crippen MR) is 93.3 cm³/mol. The van der Waals surface area contributed by atoms with Crippen LogP contribution in [0.1, 0.15) is 36.9 Å². The summed E-state index contributed by atoms with van der Waals surface area (Å²) in [4.78, 5) is 24.2. The maximum atomic E-state index is 13.1. The second-order valence-corrected chi connectivity index (χ2v) is 6.58. The van der Waals surface area contributed by atoms with Crippen molar-refractivity contribution in [1.29, 1.82) is 0 Å². The predicted octanol–water partition coefficient (Wildman–Crippen LogP) is 2.85. The molecule has 0 heterocycles. The van der Waals surface area contributed by atoms with Gasteiger partial charge in [-0.25, -0.2) is 4.39 Å². The lowest BCUT2D eigenvalue weighted by molar-refractivity contribution is -0.139. The fraction of sp³-hybridized carbons (Fsp3) is 0.300. The van der Waals surface area contributed by atoms with E-state index in [1.54, 1.807) is 12.1 Å². The van der Waals surface area contributed by atoms with E-state index in [1.165, 1.54) is 12.1 Å². The van der Waals surface area contributed by atoms with E-state index >= 15 is 0 Å². The van der Waals surface area contributed by atoms with Crippen LogP contribution in [0.3, 0.4) is 0 Å². The molecule has 0 bridgehead atoms. The highest BCUT2D eigenvalue weighted by Gasteiger charge is 2.44. The van der Waals surface area contributed by atoms with Crippen molar-refractivity contribution in [3.05, 3.63) is 71.5 Å². The van der Waals surface area contributed by atoms with Gasteiger partial charge in [0.05, 0.1) is 6.04 Å². The molecule has 2 aromatic carbocycles. The number of halogens is 1. The third kappa shape index (κ3) is 4.05. The number of amides is 2. The molecule has 4 nitrogen and oxygen atoms in total. The summed E-state index contributed by atoms with van der Waals surface area (Å²) in [6, 6.07) is 15.6. The minimum absolute atomic E-state index is 0.172. The molecule has 1 unspecified atom stereocenters. The Morgan fingerprint density at radius 2 is 1.68 bits per heavy atom. The summed E-state index contributed by atoms with van der Waals surface area (Å²) in [5, 5.41) is 5.41. The molecule has 2 amide bonds. The van der Waals surface area contributed by atoms with Gasteiger partial charge in [-0.1, -0.05) is 42.5 Å². The van der Waals surface area contributed by atoms with Crippen LogP contribution in [0, 0.1) is 5.82 Å². The van der Waals surface area contributed by atoms with Crippen molar-refractivity contribution >= 4 is 11.8 Å². The molecule has 3 rings (SSSR count). The van der Waals surface area contributed by atoms with Gasteiger partial charge >= 0.3 is 11.8 Å². The normalized spacial score (nSPS) is 15.9. The molecule has 1 atom stereocenters. The Balaban J connectivity index is 1.54. The minimum Gasteiger partial charge on any atom is -0.347 e. The van der Waals surface area contributed by atoms with E-state index < -0.39 is 11.8 Å². The van der Waals surface area contributed by atoms with Crippen molar-refractivity contribution in [2.45, 2.75) is 31.2 Å². The van der Waals surface area contributed by atoms with Gasteiger partial charge in [-0.2, -0.15) is 0 Å². The molecular formula is C20H21FN2O2. The lowest BCUT2D eigenvalue weighted by Gasteiger charge is -2.18. The van der Waals surface area contributed by atoms with Gasteiger partial charge in [-0.15, -0.1) is 0 Å². The van der Waals surface area contributed by atoms with Crippen LogP contribution in [0.2, 0.25) is 0 Å². The Bertz CT molecular complexity index is 755. The Morgan fingerprint density at radius 1 is 1.04 bits per heavy atom. The first-order chi connectivity index (χ1) is 12.0. The van der Waals surface area contributed by atoms with Crippen molar-refractivity contribution in [3.63, 3.8) is 0 Å². The van der Waals surface area contributed by atoms with Crippen LogP contribution >= 0.6 is 0 Å². The van der Waals surface area contributed by atoms with E-state index in [-0.39, 0.29) is 17.3 Å². The van der Waals surface area contributed by atoms with E-state index in [9.17, 15) is 14.0 Å². The number of carbonyl (C=O) groups is 2. The van der Waals surface area contributed by atoms with Crippen molar-refractivity contribution in [2.75, 3.05) is 6.54 Å². The zero-order valence-corrected chi connectivity index (χ0v) is 14.1. The summed E-state index contributed by atoms with van der Waals surface area (Å²) in [7, 11) is 0. The molecule has 0 radical (unpaired) electrons. The van der Waals surface area contributed by atoms with E-state index in [4.69, 9.17) is 0 Å². The quantitative estimate of drug-likeness (QED) is 0.823. The Kier molecular flexibility index (Phi) is 4.83. The maximum Gasteiger partial charge on any atom is 0.309 e. The average Bonchev–Trinajstić information content (AvgIpc) is 3.42. The van der Waals surface area contributed by atoms with Gasteiger partial charge in [0, 0.05) is 12.0 Å². The molecule has 130 valence electrons. The van der Waals surface area contributed by atoms with Crippen LogP contribution in [0.4, 0.5) is 4.39 Å². The topological polar surface area (TPSA) is 58.2 Å². The zero-order chi connectivity index (χ0) is 17.9. The highest BCUT2D eigenvalue weighted by molar-refractivity contribution is 6.35. The fourth-order valence-electron chi connectivity index (χ4n) is 2.94. The standard InChI is InChI=1S/C20H21FN2O2/c1-14(15-5-3-2-4-6-15)23-19(25)18(24)22-13-20(11-12-20)16-7-9-17(21)10-8-16/h2-10,14H,11-13H2,1H3,(H,22,24)(H,23,25). The second kappa shape index (κ2) is 7.05. The molecule has 1 fully saturated rings. The number of rotatable bonds is 5.